The topological polar surface area (TPSA) is 152 Å². The van der Waals surface area contributed by atoms with Gasteiger partial charge < -0.3 is 40.0 Å². The lowest BCUT2D eigenvalue weighted by molar-refractivity contribution is -0.339. The lowest BCUT2D eigenvalue weighted by Gasteiger charge is -2.48. The van der Waals surface area contributed by atoms with Crippen molar-refractivity contribution >= 4 is 38.4 Å². The molecular weight excluding hydrogens is 502 g/mol. The van der Waals surface area contributed by atoms with Crippen LogP contribution in [0.25, 0.3) is 32.4 Å². The van der Waals surface area contributed by atoms with E-state index in [0.717, 1.165) is 39.9 Å². The van der Waals surface area contributed by atoms with Crippen molar-refractivity contribution in [2.24, 2.45) is 5.41 Å². The summed E-state index contributed by atoms with van der Waals surface area (Å²) in [5, 5.41) is 60.2. The van der Waals surface area contributed by atoms with Crippen LogP contribution < -0.4 is 4.74 Å². The van der Waals surface area contributed by atoms with Crippen LogP contribution in [0.4, 0.5) is 0 Å². The maximum absolute atomic E-state index is 13.4. The van der Waals surface area contributed by atoms with Gasteiger partial charge in [0.2, 0.25) is 5.79 Å². The smallest absolute Gasteiger partial charge is 0.343 e. The molecule has 1 aromatic heterocycles. The number of aliphatic hydroxyl groups excluding tert-OH is 3. The fourth-order valence-electron chi connectivity index (χ4n) is 7.57. The zero-order valence-corrected chi connectivity index (χ0v) is 21.2. The average molecular weight is 534 g/mol. The summed E-state index contributed by atoms with van der Waals surface area (Å²) in [6.45, 7) is 0. The normalized spacial score (nSPS) is 34.1. The Balaban J connectivity index is 1.23. The Labute approximate surface area is 223 Å². The Morgan fingerprint density at radius 3 is 2.41 bits per heavy atom. The van der Waals surface area contributed by atoms with Crippen LogP contribution in [0.2, 0.25) is 0 Å². The number of nitrogens with one attached hydrogen (secondary N) is 1. The first-order valence-electron chi connectivity index (χ1n) is 13.5. The highest BCUT2D eigenvalue weighted by Crippen LogP contribution is 2.62. The molecule has 3 aromatic carbocycles. The maximum atomic E-state index is 13.4. The Morgan fingerprint density at radius 1 is 0.949 bits per heavy atom. The van der Waals surface area contributed by atoms with Gasteiger partial charge in [0, 0.05) is 23.5 Å². The molecule has 1 saturated heterocycles. The molecule has 9 heteroatoms. The molecule has 3 fully saturated rings. The van der Waals surface area contributed by atoms with Crippen molar-refractivity contribution in [3.63, 3.8) is 0 Å². The maximum Gasteiger partial charge on any atom is 0.343 e. The number of benzene rings is 3. The highest BCUT2D eigenvalue weighted by molar-refractivity contribution is 6.14. The van der Waals surface area contributed by atoms with E-state index >= 15 is 0 Å². The second kappa shape index (κ2) is 8.47. The van der Waals surface area contributed by atoms with Crippen molar-refractivity contribution in [1.82, 2.24) is 4.98 Å². The van der Waals surface area contributed by atoms with Crippen molar-refractivity contribution < 1.29 is 39.8 Å². The van der Waals surface area contributed by atoms with Crippen molar-refractivity contribution in [2.45, 2.75) is 74.3 Å². The first-order chi connectivity index (χ1) is 18.7. The third-order valence-corrected chi connectivity index (χ3v) is 9.46. The second-order valence-corrected chi connectivity index (χ2v) is 11.6. The molecule has 0 amide bonds. The van der Waals surface area contributed by atoms with Crippen molar-refractivity contribution in [3.05, 3.63) is 54.7 Å². The minimum Gasteiger partial charge on any atom is -0.422 e. The number of hydrogen-bond acceptors (Lipinski definition) is 8. The van der Waals surface area contributed by atoms with E-state index < -0.39 is 47.2 Å². The lowest BCUT2D eigenvalue weighted by Crippen LogP contribution is -2.66. The summed E-state index contributed by atoms with van der Waals surface area (Å²) in [6, 6.07) is 15.9. The van der Waals surface area contributed by atoms with Crippen molar-refractivity contribution in [3.8, 4) is 5.75 Å². The van der Waals surface area contributed by atoms with Crippen LogP contribution in [0.15, 0.2) is 54.7 Å². The summed E-state index contributed by atoms with van der Waals surface area (Å²) >= 11 is 0. The number of H-pyrrole nitrogens is 1. The van der Waals surface area contributed by atoms with Gasteiger partial charge in [-0.2, -0.15) is 0 Å². The number of aromatic amines is 1. The summed E-state index contributed by atoms with van der Waals surface area (Å²) in [5.74, 6) is -3.47. The first kappa shape index (κ1) is 25.0. The SMILES string of the molecule is O=C(Oc1c[nH]c2ccc3cc4ccccc4cc3c12)[C@@H]1O[C@@](O)([C@]2(O)C[C@@H](O)CC23CCCC3)[C@H](O)[C@H]1O. The summed E-state index contributed by atoms with van der Waals surface area (Å²) in [4.78, 5) is 16.5. The number of aliphatic hydroxyl groups is 5. The molecule has 9 nitrogen and oxygen atoms in total. The molecule has 7 rings (SSSR count). The quantitative estimate of drug-likeness (QED) is 0.174. The Bertz CT molecular complexity index is 1610. The van der Waals surface area contributed by atoms with Gasteiger partial charge >= 0.3 is 5.97 Å². The van der Waals surface area contributed by atoms with Crippen LogP contribution in [0.1, 0.15) is 38.5 Å². The summed E-state index contributed by atoms with van der Waals surface area (Å²) in [5.41, 5.74) is -2.20. The molecule has 0 unspecified atom stereocenters. The largest absolute Gasteiger partial charge is 0.422 e. The van der Waals surface area contributed by atoms with E-state index in [1.54, 1.807) is 0 Å². The number of carbonyl (C=O) groups excluding carboxylic acids is 1. The van der Waals surface area contributed by atoms with Gasteiger partial charge in [-0.1, -0.05) is 43.2 Å². The molecule has 6 atom stereocenters. The van der Waals surface area contributed by atoms with Gasteiger partial charge in [-0.05, 0) is 59.0 Å². The van der Waals surface area contributed by atoms with E-state index in [-0.39, 0.29) is 18.6 Å². The molecule has 2 aliphatic carbocycles. The number of aromatic nitrogens is 1. The molecule has 1 aliphatic heterocycles. The predicted molar refractivity (Wildman–Crippen MR) is 142 cm³/mol. The average Bonchev–Trinajstić information content (AvgIpc) is 3.67. The van der Waals surface area contributed by atoms with Gasteiger partial charge in [-0.3, -0.25) is 0 Å². The number of fused-ring (bicyclic) bond motifs is 4. The third-order valence-electron chi connectivity index (χ3n) is 9.46. The molecule has 2 saturated carbocycles. The molecule has 4 aromatic rings. The van der Waals surface area contributed by atoms with Gasteiger partial charge in [-0.15, -0.1) is 0 Å². The van der Waals surface area contributed by atoms with E-state index in [2.05, 4.69) is 11.1 Å². The van der Waals surface area contributed by atoms with Crippen LogP contribution >= 0.6 is 0 Å². The van der Waals surface area contributed by atoms with E-state index in [1.807, 2.05) is 42.5 Å². The fraction of sp³-hybridized carbons (Fsp3) is 0.433. The molecule has 0 radical (unpaired) electrons. The van der Waals surface area contributed by atoms with E-state index in [1.165, 1.54) is 6.20 Å². The molecule has 1 spiro atoms. The monoisotopic (exact) mass is 533 g/mol. The minimum absolute atomic E-state index is 0.207. The minimum atomic E-state index is -2.66. The Kier molecular flexibility index (Phi) is 5.42. The van der Waals surface area contributed by atoms with E-state index in [0.29, 0.717) is 18.2 Å². The Hall–Kier alpha value is -3.05. The molecular formula is C30H31NO8. The number of esters is 1. The third kappa shape index (κ3) is 3.38. The van der Waals surface area contributed by atoms with Gasteiger partial charge in [0.1, 0.15) is 17.8 Å². The highest BCUT2D eigenvalue weighted by atomic mass is 16.7. The summed E-state index contributed by atoms with van der Waals surface area (Å²) in [6.07, 6.45) is -2.33. The molecule has 39 heavy (non-hydrogen) atoms. The van der Waals surface area contributed by atoms with Crippen LogP contribution in [0, 0.1) is 5.41 Å². The highest BCUT2D eigenvalue weighted by Gasteiger charge is 2.74. The Morgan fingerprint density at radius 2 is 1.67 bits per heavy atom. The number of ether oxygens (including phenoxy) is 2. The van der Waals surface area contributed by atoms with Crippen molar-refractivity contribution in [1.29, 1.82) is 0 Å². The number of carbonyl (C=O) groups is 1. The molecule has 6 N–H and O–H groups in total. The van der Waals surface area contributed by atoms with Gasteiger partial charge in [-0.25, -0.2) is 4.79 Å². The van der Waals surface area contributed by atoms with Crippen LogP contribution in [-0.2, 0) is 9.53 Å². The van der Waals surface area contributed by atoms with Crippen LogP contribution in [0.3, 0.4) is 0 Å². The molecule has 204 valence electrons. The zero-order valence-electron chi connectivity index (χ0n) is 21.2. The van der Waals surface area contributed by atoms with E-state index in [4.69, 9.17) is 9.47 Å². The summed E-state index contributed by atoms with van der Waals surface area (Å²) < 4.78 is 11.4. The van der Waals surface area contributed by atoms with Crippen LogP contribution in [0.5, 0.6) is 5.75 Å². The fourth-order valence-corrected chi connectivity index (χ4v) is 7.57. The first-order valence-corrected chi connectivity index (χ1v) is 13.5. The predicted octanol–water partition coefficient (Wildman–Crippen LogP) is 2.64. The van der Waals surface area contributed by atoms with E-state index in [9.17, 15) is 30.3 Å². The van der Waals surface area contributed by atoms with Gasteiger partial charge in [0.05, 0.1) is 11.5 Å². The second-order valence-electron chi connectivity index (χ2n) is 11.6. The zero-order chi connectivity index (χ0) is 27.2. The molecule has 3 aliphatic rings. The lowest BCUT2D eigenvalue weighted by atomic mass is 9.67. The summed E-state index contributed by atoms with van der Waals surface area (Å²) in [7, 11) is 0. The van der Waals surface area contributed by atoms with Crippen LogP contribution in [-0.4, -0.2) is 72.3 Å². The standard InChI is InChI=1S/C30H31NO8/c32-19-13-28(9-3-4-10-28)29(36,14-19)30(37)26(34)24(33)25(39-30)27(35)38-22-15-31-21-8-7-18-11-16-5-1-2-6-17(16)12-20(18)23(21)22/h1-2,5-8,11-12,15,19,24-26,31-34,36-37H,3-4,9-10,13-14H2/t19-,24-,25+,26+,29-,30+/m0/s1. The number of rotatable bonds is 3. The number of hydrogen-bond donors (Lipinski definition) is 6. The van der Waals surface area contributed by atoms with Gasteiger partial charge in [0.15, 0.2) is 11.9 Å². The van der Waals surface area contributed by atoms with Crippen molar-refractivity contribution in [2.75, 3.05) is 0 Å². The molecule has 2 heterocycles. The molecule has 0 bridgehead atoms. The van der Waals surface area contributed by atoms with Gasteiger partial charge in [0.25, 0.3) is 0 Å².